The second-order valence-electron chi connectivity index (χ2n) is 4.73. The molecule has 0 aliphatic carbocycles. The molecule has 0 spiro atoms. The number of nitrogens with one attached hydrogen (secondary N) is 1. The van der Waals surface area contributed by atoms with Crippen LogP contribution in [0.5, 0.6) is 5.75 Å². The fourth-order valence-corrected chi connectivity index (χ4v) is 2.67. The molecule has 108 valence electrons. The predicted molar refractivity (Wildman–Crippen MR) is 84.5 cm³/mol. The first-order valence-corrected chi connectivity index (χ1v) is 7.12. The molecule has 0 unspecified atom stereocenters. The molecule has 2 aromatic carbocycles. The van der Waals surface area contributed by atoms with Crippen LogP contribution in [0.15, 0.2) is 30.3 Å². The molecule has 0 radical (unpaired) electrons. The van der Waals surface area contributed by atoms with Crippen LogP contribution in [-0.4, -0.2) is 12.5 Å². The standard InChI is InChI=1S/C15H12Cl2N2O2/c16-11-6-9(7-12(17)14(11)18)15(20)19-10-1-2-13-8(5-10)3-4-21-13/h1-2,5-7H,3-4,18H2,(H,19,20). The van der Waals surface area contributed by atoms with Gasteiger partial charge < -0.3 is 15.8 Å². The summed E-state index contributed by atoms with van der Waals surface area (Å²) in [5, 5.41) is 3.33. The van der Waals surface area contributed by atoms with Gasteiger partial charge in [-0.15, -0.1) is 0 Å². The van der Waals surface area contributed by atoms with E-state index in [1.54, 1.807) is 6.07 Å². The van der Waals surface area contributed by atoms with E-state index in [9.17, 15) is 4.79 Å². The van der Waals surface area contributed by atoms with Crippen molar-refractivity contribution < 1.29 is 9.53 Å². The van der Waals surface area contributed by atoms with Crippen molar-refractivity contribution >= 4 is 40.5 Å². The maximum absolute atomic E-state index is 12.2. The van der Waals surface area contributed by atoms with Crippen LogP contribution in [0.4, 0.5) is 11.4 Å². The van der Waals surface area contributed by atoms with E-state index in [4.69, 9.17) is 33.7 Å². The lowest BCUT2D eigenvalue weighted by Gasteiger charge is -2.09. The van der Waals surface area contributed by atoms with E-state index in [2.05, 4.69) is 5.32 Å². The highest BCUT2D eigenvalue weighted by Crippen LogP contribution is 2.30. The summed E-state index contributed by atoms with van der Waals surface area (Å²) in [7, 11) is 0. The third-order valence-electron chi connectivity index (χ3n) is 3.29. The van der Waals surface area contributed by atoms with E-state index >= 15 is 0 Å². The number of hydrogen-bond acceptors (Lipinski definition) is 3. The van der Waals surface area contributed by atoms with E-state index in [1.165, 1.54) is 12.1 Å². The first-order chi connectivity index (χ1) is 10.0. The lowest BCUT2D eigenvalue weighted by molar-refractivity contribution is 0.102. The van der Waals surface area contributed by atoms with Crippen molar-refractivity contribution in [3.8, 4) is 5.75 Å². The number of ether oxygens (including phenoxy) is 1. The number of rotatable bonds is 2. The molecule has 1 heterocycles. The molecular weight excluding hydrogens is 311 g/mol. The molecule has 2 aromatic rings. The third kappa shape index (κ3) is 2.77. The Morgan fingerprint density at radius 3 is 2.62 bits per heavy atom. The average Bonchev–Trinajstić information content (AvgIpc) is 2.91. The van der Waals surface area contributed by atoms with Gasteiger partial charge in [0, 0.05) is 17.7 Å². The van der Waals surface area contributed by atoms with Gasteiger partial charge in [0.25, 0.3) is 5.91 Å². The van der Waals surface area contributed by atoms with Gasteiger partial charge in [-0.25, -0.2) is 0 Å². The molecule has 1 aliphatic heterocycles. The van der Waals surface area contributed by atoms with Crippen molar-refractivity contribution in [2.75, 3.05) is 17.7 Å². The quantitative estimate of drug-likeness (QED) is 0.827. The van der Waals surface area contributed by atoms with Crippen molar-refractivity contribution in [1.82, 2.24) is 0 Å². The van der Waals surface area contributed by atoms with Crippen LogP contribution in [0.25, 0.3) is 0 Å². The Bertz CT molecular complexity index is 709. The summed E-state index contributed by atoms with van der Waals surface area (Å²) in [5.41, 5.74) is 8.07. The van der Waals surface area contributed by atoms with Gasteiger partial charge in [0.05, 0.1) is 22.3 Å². The van der Waals surface area contributed by atoms with Gasteiger partial charge in [0.15, 0.2) is 0 Å². The number of halogens is 2. The van der Waals surface area contributed by atoms with Gasteiger partial charge in [-0.2, -0.15) is 0 Å². The second kappa shape index (κ2) is 5.47. The summed E-state index contributed by atoms with van der Waals surface area (Å²) >= 11 is 11.9. The molecule has 21 heavy (non-hydrogen) atoms. The zero-order valence-corrected chi connectivity index (χ0v) is 12.5. The van der Waals surface area contributed by atoms with Crippen molar-refractivity contribution in [3.63, 3.8) is 0 Å². The van der Waals surface area contributed by atoms with Crippen molar-refractivity contribution in [1.29, 1.82) is 0 Å². The molecule has 1 aliphatic rings. The van der Waals surface area contributed by atoms with Crippen LogP contribution in [0.2, 0.25) is 10.0 Å². The Labute approximate surface area is 131 Å². The first kappa shape index (κ1) is 14.0. The van der Waals surface area contributed by atoms with Gasteiger partial charge in [-0.3, -0.25) is 4.79 Å². The van der Waals surface area contributed by atoms with Crippen molar-refractivity contribution in [2.24, 2.45) is 0 Å². The molecule has 0 saturated carbocycles. The Kier molecular flexibility index (Phi) is 3.66. The number of nitrogen functional groups attached to an aromatic ring is 1. The number of hydrogen-bond donors (Lipinski definition) is 2. The Morgan fingerprint density at radius 2 is 1.90 bits per heavy atom. The number of carbonyl (C=O) groups is 1. The van der Waals surface area contributed by atoms with Crippen LogP contribution >= 0.6 is 23.2 Å². The zero-order chi connectivity index (χ0) is 15.0. The largest absolute Gasteiger partial charge is 0.493 e. The minimum Gasteiger partial charge on any atom is -0.493 e. The molecule has 3 N–H and O–H groups in total. The third-order valence-corrected chi connectivity index (χ3v) is 3.91. The molecular formula is C15H12Cl2N2O2. The van der Waals surface area contributed by atoms with E-state index in [0.717, 1.165) is 17.7 Å². The van der Waals surface area contributed by atoms with Gasteiger partial charge in [-0.1, -0.05) is 23.2 Å². The van der Waals surface area contributed by atoms with Gasteiger partial charge in [-0.05, 0) is 35.9 Å². The van der Waals surface area contributed by atoms with Crippen LogP contribution in [0.3, 0.4) is 0 Å². The van der Waals surface area contributed by atoms with Gasteiger partial charge in [0.2, 0.25) is 0 Å². The summed E-state index contributed by atoms with van der Waals surface area (Å²) in [6.45, 7) is 0.676. The minimum absolute atomic E-state index is 0.259. The van der Waals surface area contributed by atoms with Crippen molar-refractivity contribution in [2.45, 2.75) is 6.42 Å². The average molecular weight is 323 g/mol. The number of amides is 1. The van der Waals surface area contributed by atoms with Gasteiger partial charge in [0.1, 0.15) is 5.75 Å². The van der Waals surface area contributed by atoms with E-state index in [-0.39, 0.29) is 21.6 Å². The highest BCUT2D eigenvalue weighted by atomic mass is 35.5. The lowest BCUT2D eigenvalue weighted by atomic mass is 10.1. The summed E-state index contributed by atoms with van der Waals surface area (Å²) in [4.78, 5) is 12.2. The Balaban J connectivity index is 1.83. The normalized spacial score (nSPS) is 12.7. The summed E-state index contributed by atoms with van der Waals surface area (Å²) in [6, 6.07) is 8.54. The predicted octanol–water partition coefficient (Wildman–Crippen LogP) is 3.76. The molecule has 3 rings (SSSR count). The van der Waals surface area contributed by atoms with E-state index < -0.39 is 0 Å². The molecule has 0 saturated heterocycles. The molecule has 0 aromatic heterocycles. The summed E-state index contributed by atoms with van der Waals surface area (Å²) in [6.07, 6.45) is 0.846. The van der Waals surface area contributed by atoms with E-state index in [1.807, 2.05) is 12.1 Å². The van der Waals surface area contributed by atoms with Gasteiger partial charge >= 0.3 is 0 Å². The monoisotopic (exact) mass is 322 g/mol. The Hall–Kier alpha value is -1.91. The van der Waals surface area contributed by atoms with Crippen LogP contribution in [0, 0.1) is 0 Å². The molecule has 0 bridgehead atoms. The first-order valence-electron chi connectivity index (χ1n) is 6.36. The van der Waals surface area contributed by atoms with Crippen LogP contribution < -0.4 is 15.8 Å². The molecule has 0 fully saturated rings. The molecule has 1 amide bonds. The number of fused-ring (bicyclic) bond motifs is 1. The van der Waals surface area contributed by atoms with E-state index in [0.29, 0.717) is 17.9 Å². The highest BCUT2D eigenvalue weighted by molar-refractivity contribution is 6.39. The summed E-state index contributed by atoms with van der Waals surface area (Å²) < 4.78 is 5.43. The minimum atomic E-state index is -0.294. The molecule has 0 atom stereocenters. The summed E-state index contributed by atoms with van der Waals surface area (Å²) in [5.74, 6) is 0.573. The number of nitrogens with two attached hydrogens (primary N) is 1. The molecule has 6 heteroatoms. The van der Waals surface area contributed by atoms with Crippen LogP contribution in [-0.2, 0) is 6.42 Å². The lowest BCUT2D eigenvalue weighted by Crippen LogP contribution is -2.12. The zero-order valence-electron chi connectivity index (χ0n) is 11.0. The smallest absolute Gasteiger partial charge is 0.255 e. The fourth-order valence-electron chi connectivity index (χ4n) is 2.18. The maximum Gasteiger partial charge on any atom is 0.255 e. The number of benzene rings is 2. The maximum atomic E-state index is 12.2. The highest BCUT2D eigenvalue weighted by Gasteiger charge is 2.15. The van der Waals surface area contributed by atoms with Crippen LogP contribution in [0.1, 0.15) is 15.9 Å². The SMILES string of the molecule is Nc1c(Cl)cc(C(=O)Nc2ccc3c(c2)CCO3)cc1Cl. The topological polar surface area (TPSA) is 64.4 Å². The molecule has 4 nitrogen and oxygen atoms in total. The fraction of sp³-hybridized carbons (Fsp3) is 0.133. The number of anilines is 2. The van der Waals surface area contributed by atoms with Crippen molar-refractivity contribution in [3.05, 3.63) is 51.5 Å². The Morgan fingerprint density at radius 1 is 1.19 bits per heavy atom. The number of carbonyl (C=O) groups excluding carboxylic acids is 1. The second-order valence-corrected chi connectivity index (χ2v) is 5.54.